The predicted octanol–water partition coefficient (Wildman–Crippen LogP) is 4.10. The number of Topliss-reactive ketones (excluding diaryl/α,β-unsaturated/α-hetero) is 1. The molecule has 2 amide bonds. The Labute approximate surface area is 316 Å². The summed E-state index contributed by atoms with van der Waals surface area (Å²) in [5, 5.41) is 46.3. The molecule has 2 saturated heterocycles. The molecule has 0 aliphatic carbocycles. The van der Waals surface area contributed by atoms with Crippen LogP contribution in [0, 0.1) is 22.0 Å². The summed E-state index contributed by atoms with van der Waals surface area (Å²) in [6.45, 7) is 5.49. The van der Waals surface area contributed by atoms with Crippen molar-refractivity contribution in [1.82, 2.24) is 5.32 Å². The summed E-state index contributed by atoms with van der Waals surface area (Å²) in [6, 6.07) is 7.21. The van der Waals surface area contributed by atoms with Crippen LogP contribution in [0.4, 0.5) is 16.2 Å². The van der Waals surface area contributed by atoms with Crippen molar-refractivity contribution in [1.29, 1.82) is 0 Å². The second-order valence-corrected chi connectivity index (χ2v) is 14.7. The van der Waals surface area contributed by atoms with Crippen LogP contribution in [0.1, 0.15) is 67.6 Å². The number of fused-ring (bicyclic) bond motifs is 5. The zero-order valence-corrected chi connectivity index (χ0v) is 31.3. The standard InChI is InChI=1S/C38H44ClN3O12/c1-20-7-6-8-26(19-44)38(49)17-30(52-36(48)40-38)21(2)35-37(4,54-35)31(16-32(46)41(5)29-14-24(11-20)12-25(18-43)34(29)39)53-33(47)15-23-9-10-27(22(3)45)28(13-23)42(50)51/h6-10,12-14,21,26,30-31,35,43-44,49H,11,15-19H2,1-5H3,(H,40,48)/b8-6+,20-7+/t21-,26+,30+,31+,35+,37+,38+/m1/s1. The molecular weight excluding hydrogens is 726 g/mol. The Morgan fingerprint density at radius 3 is 2.57 bits per heavy atom. The van der Waals surface area contributed by atoms with Crippen LogP contribution < -0.4 is 10.2 Å². The first-order chi connectivity index (χ1) is 25.4. The van der Waals surface area contributed by atoms with E-state index < -0.39 is 102 Å². The highest BCUT2D eigenvalue weighted by molar-refractivity contribution is 6.34. The molecule has 0 radical (unpaired) electrons. The minimum Gasteiger partial charge on any atom is -0.458 e. The van der Waals surface area contributed by atoms with Crippen molar-refractivity contribution >= 4 is 46.7 Å². The summed E-state index contributed by atoms with van der Waals surface area (Å²) in [4.78, 5) is 64.6. The third kappa shape index (κ3) is 8.50. The van der Waals surface area contributed by atoms with Gasteiger partial charge in [0.05, 0.1) is 53.4 Å². The molecule has 3 heterocycles. The lowest BCUT2D eigenvalue weighted by Gasteiger charge is -2.42. The molecule has 2 fully saturated rings. The Bertz CT molecular complexity index is 1920. The molecule has 15 nitrogen and oxygen atoms in total. The fraction of sp³-hybridized carbons (Fsp3) is 0.474. The summed E-state index contributed by atoms with van der Waals surface area (Å²) in [5.74, 6) is -3.43. The van der Waals surface area contributed by atoms with Crippen molar-refractivity contribution < 1.29 is 53.6 Å². The van der Waals surface area contributed by atoms with Gasteiger partial charge in [-0.05, 0) is 56.0 Å². The van der Waals surface area contributed by atoms with E-state index in [1.54, 1.807) is 44.2 Å². The maximum absolute atomic E-state index is 14.1. The van der Waals surface area contributed by atoms with E-state index in [9.17, 15) is 44.6 Å². The van der Waals surface area contributed by atoms with Crippen molar-refractivity contribution in [2.24, 2.45) is 11.8 Å². The van der Waals surface area contributed by atoms with Crippen molar-refractivity contribution in [3.05, 3.63) is 91.5 Å². The van der Waals surface area contributed by atoms with Gasteiger partial charge in [0.15, 0.2) is 11.5 Å². The number of alkyl carbamates (subject to hydrolysis) is 1. The van der Waals surface area contributed by atoms with Crippen LogP contribution in [0.25, 0.3) is 0 Å². The number of nitro groups is 1. The Kier molecular flexibility index (Phi) is 12.0. The topological polar surface area (TPSA) is 218 Å². The number of carbonyl (C=O) groups excluding carboxylic acids is 4. The van der Waals surface area contributed by atoms with E-state index in [1.807, 2.05) is 6.92 Å². The van der Waals surface area contributed by atoms with Crippen LogP contribution in [0.5, 0.6) is 0 Å². The average molecular weight is 770 g/mol. The Balaban J connectivity index is 1.53. The van der Waals surface area contributed by atoms with E-state index in [0.29, 0.717) is 23.2 Å². The Morgan fingerprint density at radius 2 is 1.93 bits per heavy atom. The van der Waals surface area contributed by atoms with Gasteiger partial charge in [-0.1, -0.05) is 54.5 Å². The minimum absolute atomic E-state index is 0.119. The number of epoxide rings is 1. The van der Waals surface area contributed by atoms with Gasteiger partial charge in [-0.25, -0.2) is 4.79 Å². The van der Waals surface area contributed by atoms with Crippen LogP contribution in [-0.4, -0.2) is 87.3 Å². The number of hydrogen-bond donors (Lipinski definition) is 4. The minimum atomic E-state index is -1.90. The molecule has 0 saturated carbocycles. The summed E-state index contributed by atoms with van der Waals surface area (Å²) in [6.07, 6.45) is 0.584. The highest BCUT2D eigenvalue weighted by atomic mass is 35.5. The molecule has 7 atom stereocenters. The number of ether oxygens (including phenoxy) is 3. The molecule has 54 heavy (non-hydrogen) atoms. The maximum atomic E-state index is 14.1. The number of esters is 1. The monoisotopic (exact) mass is 769 g/mol. The van der Waals surface area contributed by atoms with E-state index >= 15 is 0 Å². The predicted molar refractivity (Wildman–Crippen MR) is 195 cm³/mol. The number of halogens is 1. The Hall–Kier alpha value is -4.67. The number of aliphatic hydroxyl groups excluding tert-OH is 2. The summed E-state index contributed by atoms with van der Waals surface area (Å²) < 4.78 is 17.7. The number of amides is 2. The molecule has 0 unspecified atom stereocenters. The summed E-state index contributed by atoms with van der Waals surface area (Å²) >= 11 is 6.68. The highest BCUT2D eigenvalue weighted by Crippen LogP contribution is 2.49. The fourth-order valence-corrected chi connectivity index (χ4v) is 7.49. The maximum Gasteiger partial charge on any atom is 0.409 e. The molecule has 2 aromatic carbocycles. The third-order valence-corrected chi connectivity index (χ3v) is 10.8. The van der Waals surface area contributed by atoms with E-state index in [1.165, 1.54) is 31.0 Å². The van der Waals surface area contributed by atoms with Crippen molar-refractivity contribution in [2.45, 2.75) is 89.6 Å². The van der Waals surface area contributed by atoms with Gasteiger partial charge < -0.3 is 34.4 Å². The lowest BCUT2D eigenvalue weighted by Crippen LogP contribution is -2.62. The molecular formula is C38H44ClN3O12. The van der Waals surface area contributed by atoms with Gasteiger partial charge in [-0.15, -0.1) is 0 Å². The number of aliphatic hydroxyl groups is 3. The first kappa shape index (κ1) is 40.5. The van der Waals surface area contributed by atoms with Gasteiger partial charge in [-0.2, -0.15) is 0 Å². The number of nitro benzene ring substituents is 1. The summed E-state index contributed by atoms with van der Waals surface area (Å²) in [7, 11) is 1.50. The highest BCUT2D eigenvalue weighted by Gasteiger charge is 2.64. The number of ketones is 1. The SMILES string of the molecule is CC(=O)c1ccc(CC(=O)O[C@H]2CC(=O)N(C)c3cc(cc(CO)c3Cl)C/C(C)=C/C=C/[C@@H](CO)[C@@]3(O)C[C@H](OC(=O)N3)[C@@H](C)[C@@H]3O[C@@]23C)cc1[N+](=O)[O-]. The number of nitrogens with zero attached hydrogens (tertiary/aromatic N) is 2. The molecule has 4 bridgehead atoms. The second kappa shape index (κ2) is 16.0. The molecule has 4 N–H and O–H groups in total. The van der Waals surface area contributed by atoms with E-state index in [0.717, 1.165) is 11.6 Å². The second-order valence-electron chi connectivity index (χ2n) is 14.4. The average Bonchev–Trinajstić information content (AvgIpc) is 3.80. The largest absolute Gasteiger partial charge is 0.458 e. The normalized spacial score (nSPS) is 30.2. The number of hydrogen-bond acceptors (Lipinski definition) is 12. The lowest BCUT2D eigenvalue weighted by atomic mass is 9.81. The van der Waals surface area contributed by atoms with Gasteiger partial charge in [0.25, 0.3) is 5.69 Å². The molecule has 5 rings (SSSR count). The Morgan fingerprint density at radius 1 is 1.20 bits per heavy atom. The van der Waals surface area contributed by atoms with Gasteiger partial charge in [-0.3, -0.25) is 29.8 Å². The summed E-state index contributed by atoms with van der Waals surface area (Å²) in [5.41, 5.74) is -1.36. The third-order valence-electron chi connectivity index (χ3n) is 10.4. The smallest absolute Gasteiger partial charge is 0.409 e. The van der Waals surface area contributed by atoms with Crippen LogP contribution in [0.3, 0.4) is 0 Å². The number of allylic oxidation sites excluding steroid dienone is 3. The van der Waals surface area contributed by atoms with E-state index in [2.05, 4.69) is 5.32 Å². The van der Waals surface area contributed by atoms with Crippen molar-refractivity contribution in [3.8, 4) is 0 Å². The molecule has 0 aromatic heterocycles. The number of nitrogens with one attached hydrogen (secondary N) is 1. The van der Waals surface area contributed by atoms with Gasteiger partial charge >= 0.3 is 12.1 Å². The van der Waals surface area contributed by atoms with E-state index in [-0.39, 0.29) is 22.6 Å². The molecule has 0 spiro atoms. The van der Waals surface area contributed by atoms with Crippen LogP contribution in [0.15, 0.2) is 54.1 Å². The molecule has 3 aliphatic heterocycles. The quantitative estimate of drug-likeness (QED) is 0.103. The lowest BCUT2D eigenvalue weighted by molar-refractivity contribution is -0.385. The molecule has 290 valence electrons. The fourth-order valence-electron chi connectivity index (χ4n) is 7.20. The molecule has 2 aromatic rings. The van der Waals surface area contributed by atoms with Gasteiger partial charge in [0, 0.05) is 31.4 Å². The number of benzene rings is 2. The van der Waals surface area contributed by atoms with Crippen molar-refractivity contribution in [2.75, 3.05) is 18.6 Å². The molecule has 16 heteroatoms. The zero-order chi connectivity index (χ0) is 39.7. The first-order valence-corrected chi connectivity index (χ1v) is 17.8. The zero-order valence-electron chi connectivity index (χ0n) is 30.5. The molecule has 3 aliphatic rings. The number of carbonyl (C=O) groups is 4. The van der Waals surface area contributed by atoms with Gasteiger partial charge in [0.2, 0.25) is 5.91 Å². The number of anilines is 1. The first-order valence-electron chi connectivity index (χ1n) is 17.4. The number of rotatable bonds is 7. The van der Waals surface area contributed by atoms with Crippen LogP contribution in [0.2, 0.25) is 5.02 Å². The van der Waals surface area contributed by atoms with Crippen LogP contribution >= 0.6 is 11.6 Å². The van der Waals surface area contributed by atoms with Gasteiger partial charge in [0.1, 0.15) is 17.8 Å². The van der Waals surface area contributed by atoms with E-state index in [4.69, 9.17) is 25.8 Å². The van der Waals surface area contributed by atoms with Crippen molar-refractivity contribution in [3.63, 3.8) is 0 Å². The van der Waals surface area contributed by atoms with Crippen LogP contribution in [-0.2, 0) is 43.2 Å².